The third-order valence-electron chi connectivity index (χ3n) is 5.85. The molecule has 3 aromatic rings. The molecular weight excluding hydrogens is 430 g/mol. The summed E-state index contributed by atoms with van der Waals surface area (Å²) < 4.78 is 38.1. The number of nitrogens with zero attached hydrogens (tertiary/aromatic N) is 3. The highest BCUT2D eigenvalue weighted by atomic mass is 32.2. The molecule has 0 unspecified atom stereocenters. The molecular formula is C22H23N5O4S. The zero-order chi connectivity index (χ0) is 22.3. The number of morpholine rings is 1. The van der Waals surface area contributed by atoms with Crippen LogP contribution < -0.4 is 10.1 Å². The maximum atomic E-state index is 13.0. The van der Waals surface area contributed by atoms with Crippen LogP contribution >= 0.6 is 0 Å². The normalized spacial score (nSPS) is 17.2. The van der Waals surface area contributed by atoms with Gasteiger partial charge < -0.3 is 19.8 Å². The van der Waals surface area contributed by atoms with E-state index in [1.54, 1.807) is 18.3 Å². The molecule has 0 spiro atoms. The van der Waals surface area contributed by atoms with Crippen LogP contribution in [0.15, 0.2) is 35.4 Å². The van der Waals surface area contributed by atoms with E-state index >= 15 is 0 Å². The first kappa shape index (κ1) is 20.8. The number of rotatable bonds is 6. The first-order valence-electron chi connectivity index (χ1n) is 10.5. The third kappa shape index (κ3) is 3.68. The highest BCUT2D eigenvalue weighted by molar-refractivity contribution is 7.89. The Hall–Kier alpha value is -3.13. The highest BCUT2D eigenvalue weighted by Crippen LogP contribution is 2.45. The molecule has 0 radical (unpaired) electrons. The highest BCUT2D eigenvalue weighted by Gasteiger charge is 2.29. The van der Waals surface area contributed by atoms with Gasteiger partial charge in [-0.15, -0.1) is 0 Å². The SMILES string of the molecule is COc1cc(S(=O)(=O)N2CCOCC2)ccc1Nc1cc(C2CC2)c2c(C#N)c[nH]c2n1. The fourth-order valence-corrected chi connectivity index (χ4v) is 5.47. The van der Waals surface area contributed by atoms with Gasteiger partial charge in [0.05, 0.1) is 36.5 Å². The third-order valence-corrected chi connectivity index (χ3v) is 7.75. The Labute approximate surface area is 186 Å². The second-order valence-electron chi connectivity index (χ2n) is 7.91. The van der Waals surface area contributed by atoms with Crippen molar-refractivity contribution in [3.63, 3.8) is 0 Å². The average molecular weight is 454 g/mol. The molecule has 2 aliphatic rings. The van der Waals surface area contributed by atoms with Gasteiger partial charge in [-0.05, 0) is 42.5 Å². The van der Waals surface area contributed by atoms with Crippen molar-refractivity contribution in [3.05, 3.63) is 41.6 Å². The van der Waals surface area contributed by atoms with Crippen molar-refractivity contribution in [2.24, 2.45) is 0 Å². The zero-order valence-electron chi connectivity index (χ0n) is 17.6. The lowest BCUT2D eigenvalue weighted by Crippen LogP contribution is -2.40. The number of pyridine rings is 1. The first-order valence-corrected chi connectivity index (χ1v) is 11.9. The summed E-state index contributed by atoms with van der Waals surface area (Å²) in [6.45, 7) is 1.44. The van der Waals surface area contributed by atoms with E-state index < -0.39 is 10.0 Å². The van der Waals surface area contributed by atoms with Crippen molar-refractivity contribution in [1.82, 2.24) is 14.3 Å². The van der Waals surface area contributed by atoms with Crippen molar-refractivity contribution in [2.45, 2.75) is 23.7 Å². The molecule has 2 aromatic heterocycles. The topological polar surface area (TPSA) is 120 Å². The van der Waals surface area contributed by atoms with Crippen LogP contribution in [0.1, 0.15) is 29.9 Å². The fraction of sp³-hybridized carbons (Fsp3) is 0.364. The van der Waals surface area contributed by atoms with Crippen molar-refractivity contribution < 1.29 is 17.9 Å². The summed E-state index contributed by atoms with van der Waals surface area (Å²) in [7, 11) is -2.13. The number of sulfonamides is 1. The maximum absolute atomic E-state index is 13.0. The van der Waals surface area contributed by atoms with Gasteiger partial charge in [0.1, 0.15) is 23.3 Å². The molecule has 9 nitrogen and oxygen atoms in total. The minimum absolute atomic E-state index is 0.173. The minimum Gasteiger partial charge on any atom is -0.495 e. The Morgan fingerprint density at radius 3 is 2.75 bits per heavy atom. The number of hydrogen-bond donors (Lipinski definition) is 2. The predicted molar refractivity (Wildman–Crippen MR) is 119 cm³/mol. The van der Waals surface area contributed by atoms with Crippen LogP contribution in [0.4, 0.5) is 11.5 Å². The van der Waals surface area contributed by atoms with Gasteiger partial charge in [0, 0.05) is 30.7 Å². The van der Waals surface area contributed by atoms with Crippen LogP contribution in [0.5, 0.6) is 5.75 Å². The number of nitrogens with one attached hydrogen (secondary N) is 2. The van der Waals surface area contributed by atoms with Crippen LogP contribution in [0, 0.1) is 11.3 Å². The Balaban J connectivity index is 1.48. The predicted octanol–water partition coefficient (Wildman–Crippen LogP) is 3.09. The molecule has 5 rings (SSSR count). The number of nitriles is 1. The number of benzene rings is 1. The number of ether oxygens (including phenoxy) is 2. The van der Waals surface area contributed by atoms with E-state index in [0.717, 1.165) is 23.8 Å². The molecule has 32 heavy (non-hydrogen) atoms. The van der Waals surface area contributed by atoms with Crippen LogP contribution in [0.3, 0.4) is 0 Å². The summed E-state index contributed by atoms with van der Waals surface area (Å²) in [5.41, 5.74) is 2.95. The molecule has 166 valence electrons. The van der Waals surface area contributed by atoms with E-state index in [4.69, 9.17) is 9.47 Å². The molecule has 1 saturated carbocycles. The van der Waals surface area contributed by atoms with Crippen LogP contribution in [0.25, 0.3) is 11.0 Å². The lowest BCUT2D eigenvalue weighted by Gasteiger charge is -2.26. The smallest absolute Gasteiger partial charge is 0.243 e. The molecule has 2 N–H and O–H groups in total. The molecule has 1 saturated heterocycles. The summed E-state index contributed by atoms with van der Waals surface area (Å²) >= 11 is 0. The Morgan fingerprint density at radius 1 is 1.28 bits per heavy atom. The Bertz CT molecular complexity index is 1320. The van der Waals surface area contributed by atoms with Gasteiger partial charge in [-0.1, -0.05) is 0 Å². The van der Waals surface area contributed by atoms with Gasteiger partial charge in [-0.25, -0.2) is 13.4 Å². The van der Waals surface area contributed by atoms with Gasteiger partial charge in [0.2, 0.25) is 10.0 Å². The molecule has 0 amide bonds. The molecule has 1 aliphatic carbocycles. The molecule has 2 fully saturated rings. The van der Waals surface area contributed by atoms with E-state index in [9.17, 15) is 13.7 Å². The summed E-state index contributed by atoms with van der Waals surface area (Å²) in [4.78, 5) is 7.87. The average Bonchev–Trinajstić information content (AvgIpc) is 3.58. The molecule has 1 aliphatic heterocycles. The second-order valence-corrected chi connectivity index (χ2v) is 9.85. The number of anilines is 2. The van der Waals surface area contributed by atoms with E-state index in [1.165, 1.54) is 17.5 Å². The molecule has 0 atom stereocenters. The van der Waals surface area contributed by atoms with E-state index in [1.807, 2.05) is 6.07 Å². The van der Waals surface area contributed by atoms with Crippen LogP contribution in [-0.2, 0) is 14.8 Å². The zero-order valence-corrected chi connectivity index (χ0v) is 18.4. The number of aromatic amines is 1. The van der Waals surface area contributed by atoms with Crippen LogP contribution in [-0.4, -0.2) is 56.1 Å². The molecule has 1 aromatic carbocycles. The van der Waals surface area contributed by atoms with Crippen molar-refractivity contribution in [1.29, 1.82) is 5.26 Å². The van der Waals surface area contributed by atoms with E-state index in [2.05, 4.69) is 21.4 Å². The van der Waals surface area contributed by atoms with E-state index in [-0.39, 0.29) is 4.90 Å². The monoisotopic (exact) mass is 453 g/mol. The Morgan fingerprint density at radius 2 is 2.06 bits per heavy atom. The van der Waals surface area contributed by atoms with Crippen LogP contribution in [0.2, 0.25) is 0 Å². The summed E-state index contributed by atoms with van der Waals surface area (Å²) in [5, 5.41) is 13.6. The molecule has 0 bridgehead atoms. The molecule has 3 heterocycles. The van der Waals surface area contributed by atoms with E-state index in [0.29, 0.717) is 60.7 Å². The van der Waals surface area contributed by atoms with Crippen molar-refractivity contribution >= 4 is 32.6 Å². The number of aromatic nitrogens is 2. The van der Waals surface area contributed by atoms with Gasteiger partial charge in [-0.3, -0.25) is 0 Å². The lowest BCUT2D eigenvalue weighted by molar-refractivity contribution is 0.0730. The van der Waals surface area contributed by atoms with Crippen molar-refractivity contribution in [3.8, 4) is 11.8 Å². The number of hydrogen-bond acceptors (Lipinski definition) is 7. The Kier molecular flexibility index (Phi) is 5.25. The summed E-state index contributed by atoms with van der Waals surface area (Å²) in [6.07, 6.45) is 3.86. The van der Waals surface area contributed by atoms with Crippen molar-refractivity contribution in [2.75, 3.05) is 38.7 Å². The van der Waals surface area contributed by atoms with Gasteiger partial charge >= 0.3 is 0 Å². The fourth-order valence-electron chi connectivity index (χ4n) is 4.04. The standard InChI is InChI=1S/C22H23N5O4S/c1-30-19-10-16(32(28,29)27-6-8-31-9-7-27)4-5-18(19)25-20-11-17(14-2-3-14)21-15(12-23)13-24-22(21)26-20/h4-5,10-11,13-14H,2-3,6-9H2,1H3,(H2,24,25,26). The second kappa shape index (κ2) is 8.09. The number of methoxy groups -OCH3 is 1. The quantitative estimate of drug-likeness (QED) is 0.588. The largest absolute Gasteiger partial charge is 0.495 e. The maximum Gasteiger partial charge on any atom is 0.243 e. The minimum atomic E-state index is -3.63. The summed E-state index contributed by atoms with van der Waals surface area (Å²) in [6, 6.07) is 8.97. The van der Waals surface area contributed by atoms with Gasteiger partial charge in [-0.2, -0.15) is 9.57 Å². The number of H-pyrrole nitrogens is 1. The number of fused-ring (bicyclic) bond motifs is 1. The summed E-state index contributed by atoms with van der Waals surface area (Å²) in [5.74, 6) is 1.43. The van der Waals surface area contributed by atoms with Gasteiger partial charge in [0.25, 0.3) is 0 Å². The first-order chi connectivity index (χ1) is 15.5. The lowest BCUT2D eigenvalue weighted by atomic mass is 10.1. The van der Waals surface area contributed by atoms with Gasteiger partial charge in [0.15, 0.2) is 0 Å². The molecule has 10 heteroatoms.